The third-order valence-electron chi connectivity index (χ3n) is 1.03. The summed E-state index contributed by atoms with van der Waals surface area (Å²) in [5.74, 6) is 0. The van der Waals surface area contributed by atoms with Gasteiger partial charge in [-0.1, -0.05) is 12.2 Å². The maximum absolute atomic E-state index is 4.81. The third kappa shape index (κ3) is 6.28. The van der Waals surface area contributed by atoms with E-state index in [2.05, 4.69) is 26.5 Å². The Morgan fingerprint density at radius 1 is 1.44 bits per heavy atom. The zero-order valence-corrected chi connectivity index (χ0v) is 6.93. The van der Waals surface area contributed by atoms with Crippen LogP contribution in [0.2, 0.25) is 0 Å². The van der Waals surface area contributed by atoms with Crippen molar-refractivity contribution in [2.24, 2.45) is 0 Å². The molecule has 0 bridgehead atoms. The van der Waals surface area contributed by atoms with Gasteiger partial charge in [-0.25, -0.2) is 0 Å². The maximum atomic E-state index is 4.81. The molecule has 0 fully saturated rings. The minimum absolute atomic E-state index is 0. The van der Waals surface area contributed by atoms with E-state index in [0.29, 0.717) is 4.32 Å². The molecule has 0 aromatic heterocycles. The summed E-state index contributed by atoms with van der Waals surface area (Å²) in [5, 5.41) is 0. The van der Waals surface area contributed by atoms with Gasteiger partial charge in [-0.3, -0.25) is 0 Å². The van der Waals surface area contributed by atoms with E-state index in [9.17, 15) is 0 Å². The van der Waals surface area contributed by atoms with Gasteiger partial charge in [0, 0.05) is 13.1 Å². The van der Waals surface area contributed by atoms with Crippen molar-refractivity contribution in [2.45, 2.75) is 13.8 Å². The van der Waals surface area contributed by atoms with Crippen LogP contribution in [0, 0.1) is 0 Å². The summed E-state index contributed by atoms with van der Waals surface area (Å²) in [5.41, 5.74) is 0. The second kappa shape index (κ2) is 7.98. The SMILES string of the molecule is CCN(CC)C(=S)S.[KH]. The van der Waals surface area contributed by atoms with Gasteiger partial charge in [0.2, 0.25) is 0 Å². The average Bonchev–Trinajstić information content (AvgIpc) is 1.69. The van der Waals surface area contributed by atoms with Gasteiger partial charge in [-0.05, 0) is 13.8 Å². The number of nitrogens with zero attached hydrogens (tertiary/aromatic N) is 1. The van der Waals surface area contributed by atoms with Gasteiger partial charge >= 0.3 is 51.4 Å². The van der Waals surface area contributed by atoms with E-state index in [1.165, 1.54) is 0 Å². The van der Waals surface area contributed by atoms with Gasteiger partial charge in [0.05, 0.1) is 0 Å². The van der Waals surface area contributed by atoms with Crippen molar-refractivity contribution in [2.75, 3.05) is 13.1 Å². The van der Waals surface area contributed by atoms with Crippen LogP contribution in [0.5, 0.6) is 0 Å². The van der Waals surface area contributed by atoms with Gasteiger partial charge in [0.15, 0.2) is 0 Å². The fourth-order valence-corrected chi connectivity index (χ4v) is 1.04. The van der Waals surface area contributed by atoms with E-state index < -0.39 is 0 Å². The quantitative estimate of drug-likeness (QED) is 0.390. The first-order chi connectivity index (χ1) is 3.72. The van der Waals surface area contributed by atoms with Crippen molar-refractivity contribution >= 4 is 80.6 Å². The standard InChI is InChI=1S/C5H11NS2.K.H/c1-3-6(4-2)5(7)8;;/h3-4H2,1-2H3,(H,7,8);;. The van der Waals surface area contributed by atoms with E-state index in [0.717, 1.165) is 13.1 Å². The molecule has 0 heterocycles. The molecule has 1 nitrogen and oxygen atoms in total. The number of hydrogen-bond acceptors (Lipinski definition) is 1. The van der Waals surface area contributed by atoms with E-state index >= 15 is 0 Å². The molecule has 9 heavy (non-hydrogen) atoms. The van der Waals surface area contributed by atoms with E-state index in [1.54, 1.807) is 0 Å². The molecule has 4 heteroatoms. The predicted molar refractivity (Wildman–Crippen MR) is 51.7 cm³/mol. The molecule has 50 valence electrons. The van der Waals surface area contributed by atoms with E-state index in [4.69, 9.17) is 12.2 Å². The van der Waals surface area contributed by atoms with Crippen LogP contribution in [-0.2, 0) is 0 Å². The van der Waals surface area contributed by atoms with Crippen LogP contribution in [0.4, 0.5) is 0 Å². The molecule has 0 N–H and O–H groups in total. The fraction of sp³-hybridized carbons (Fsp3) is 0.800. The third-order valence-corrected chi connectivity index (χ3v) is 1.58. The topological polar surface area (TPSA) is 3.24 Å². The van der Waals surface area contributed by atoms with Crippen molar-refractivity contribution in [1.29, 1.82) is 0 Å². The Morgan fingerprint density at radius 2 is 1.78 bits per heavy atom. The molecule has 0 aliphatic carbocycles. The summed E-state index contributed by atoms with van der Waals surface area (Å²) in [6, 6.07) is 0. The number of hydrogen-bond donors (Lipinski definition) is 1. The normalized spacial score (nSPS) is 7.89. The molecule has 0 aliphatic heterocycles. The molecular formula is C5H12KNS2. The molecule has 0 aliphatic rings. The van der Waals surface area contributed by atoms with Crippen LogP contribution in [0.25, 0.3) is 0 Å². The van der Waals surface area contributed by atoms with Crippen molar-refractivity contribution in [3.8, 4) is 0 Å². The molecule has 0 radical (unpaired) electrons. The molecule has 0 aromatic rings. The molecule has 0 spiro atoms. The number of thiocarbonyl (C=S) groups is 1. The number of rotatable bonds is 2. The Hall–Kier alpha value is 1.88. The van der Waals surface area contributed by atoms with Crippen LogP contribution >= 0.6 is 24.8 Å². The van der Waals surface area contributed by atoms with Crippen molar-refractivity contribution < 1.29 is 0 Å². The predicted octanol–water partition coefficient (Wildman–Crippen LogP) is 0.894. The molecule has 0 rings (SSSR count). The molecule has 0 saturated heterocycles. The number of thiol groups is 1. The van der Waals surface area contributed by atoms with E-state index in [-0.39, 0.29) is 51.4 Å². The fourth-order valence-electron chi connectivity index (χ4n) is 0.494. The zero-order valence-electron chi connectivity index (χ0n) is 5.22. The monoisotopic (exact) mass is 189 g/mol. The second-order valence-electron chi connectivity index (χ2n) is 1.45. The summed E-state index contributed by atoms with van der Waals surface area (Å²) in [7, 11) is 0. The van der Waals surface area contributed by atoms with Crippen molar-refractivity contribution in [3.05, 3.63) is 0 Å². The second-order valence-corrected chi connectivity index (χ2v) is 2.57. The molecule has 0 saturated carbocycles. The summed E-state index contributed by atoms with van der Waals surface area (Å²) in [6.07, 6.45) is 0. The summed E-state index contributed by atoms with van der Waals surface area (Å²) < 4.78 is 0.690. The minimum atomic E-state index is 0. The van der Waals surface area contributed by atoms with Crippen LogP contribution < -0.4 is 0 Å². The first-order valence-electron chi connectivity index (χ1n) is 2.70. The average molecular weight is 189 g/mol. The zero-order chi connectivity index (χ0) is 6.57. The Kier molecular flexibility index (Phi) is 11.9. The Morgan fingerprint density at radius 3 is 1.78 bits per heavy atom. The van der Waals surface area contributed by atoms with E-state index in [1.807, 2.05) is 4.90 Å². The van der Waals surface area contributed by atoms with Crippen molar-refractivity contribution in [3.63, 3.8) is 0 Å². The van der Waals surface area contributed by atoms with Gasteiger partial charge in [-0.15, -0.1) is 12.6 Å². The molecule has 0 unspecified atom stereocenters. The summed E-state index contributed by atoms with van der Waals surface area (Å²) in [4.78, 5) is 2.01. The van der Waals surface area contributed by atoms with Gasteiger partial charge in [0.25, 0.3) is 0 Å². The van der Waals surface area contributed by atoms with Gasteiger partial charge < -0.3 is 4.90 Å². The summed E-state index contributed by atoms with van der Waals surface area (Å²) >= 11 is 8.82. The molecule has 0 atom stereocenters. The first kappa shape index (κ1) is 13.5. The van der Waals surface area contributed by atoms with Crippen molar-refractivity contribution in [1.82, 2.24) is 4.90 Å². The van der Waals surface area contributed by atoms with Gasteiger partial charge in [-0.2, -0.15) is 0 Å². The van der Waals surface area contributed by atoms with Crippen LogP contribution in [-0.4, -0.2) is 73.7 Å². The van der Waals surface area contributed by atoms with Crippen LogP contribution in [0.1, 0.15) is 13.8 Å². The Bertz CT molecular complexity index is 83.0. The van der Waals surface area contributed by atoms with Gasteiger partial charge in [0.1, 0.15) is 4.32 Å². The Labute approximate surface area is 110 Å². The summed E-state index contributed by atoms with van der Waals surface area (Å²) in [6.45, 7) is 6.04. The first-order valence-corrected chi connectivity index (χ1v) is 3.55. The van der Waals surface area contributed by atoms with Crippen LogP contribution in [0.15, 0.2) is 0 Å². The molecular weight excluding hydrogens is 177 g/mol. The molecule has 0 aromatic carbocycles. The van der Waals surface area contributed by atoms with Crippen LogP contribution in [0.3, 0.4) is 0 Å². The Balaban J connectivity index is 0. The molecule has 0 amide bonds.